The Morgan fingerprint density at radius 2 is 2.12 bits per heavy atom. The van der Waals surface area contributed by atoms with E-state index >= 15 is 0 Å². The molecule has 4 nitrogen and oxygen atoms in total. The largest absolute Gasteiger partial charge is 0.573 e. The Labute approximate surface area is 156 Å². The van der Waals surface area contributed by atoms with Gasteiger partial charge in [0.05, 0.1) is 0 Å². The molecule has 2 atom stereocenters. The van der Waals surface area contributed by atoms with Crippen molar-refractivity contribution in [3.8, 4) is 5.75 Å². The highest BCUT2D eigenvalue weighted by Crippen LogP contribution is 2.26. The van der Waals surface area contributed by atoms with Gasteiger partial charge in [-0.15, -0.1) is 13.2 Å². The lowest BCUT2D eigenvalue weighted by Gasteiger charge is -2.18. The number of thiocarbonyl (C=S) groups is 1. The summed E-state index contributed by atoms with van der Waals surface area (Å²) in [6.07, 6.45) is 1.44. The van der Waals surface area contributed by atoms with Crippen molar-refractivity contribution >= 4 is 23.0 Å². The molecule has 2 unspecified atom stereocenters. The summed E-state index contributed by atoms with van der Waals surface area (Å²) in [6.45, 7) is 5.58. The fourth-order valence-electron chi connectivity index (χ4n) is 2.73. The molecule has 0 radical (unpaired) electrons. The second kappa shape index (κ2) is 8.93. The highest BCUT2D eigenvalue weighted by Gasteiger charge is 2.31. The summed E-state index contributed by atoms with van der Waals surface area (Å²) in [5.41, 5.74) is 0.415. The van der Waals surface area contributed by atoms with E-state index in [2.05, 4.69) is 21.9 Å². The van der Waals surface area contributed by atoms with Crippen LogP contribution in [-0.4, -0.2) is 23.6 Å². The Hall–Kier alpha value is -2.22. The molecule has 1 aromatic rings. The number of nitrogens with one attached hydrogen (secondary N) is 2. The third-order valence-corrected chi connectivity index (χ3v) is 4.05. The van der Waals surface area contributed by atoms with Crippen LogP contribution in [0.3, 0.4) is 0 Å². The lowest BCUT2D eigenvalue weighted by molar-refractivity contribution is -0.274. The van der Waals surface area contributed by atoms with Gasteiger partial charge in [0, 0.05) is 24.2 Å². The molecule has 0 aliphatic heterocycles. The van der Waals surface area contributed by atoms with E-state index in [-0.39, 0.29) is 17.9 Å². The zero-order valence-corrected chi connectivity index (χ0v) is 15.1. The predicted octanol–water partition coefficient (Wildman–Crippen LogP) is 4.90. The van der Waals surface area contributed by atoms with Crippen LogP contribution in [0.1, 0.15) is 26.2 Å². The van der Waals surface area contributed by atoms with Gasteiger partial charge in [0.2, 0.25) is 0 Å². The highest BCUT2D eigenvalue weighted by atomic mass is 32.1. The van der Waals surface area contributed by atoms with Crippen molar-refractivity contribution < 1.29 is 22.6 Å². The first kappa shape index (κ1) is 20.1. The molecule has 1 aliphatic carbocycles. The van der Waals surface area contributed by atoms with E-state index in [9.17, 15) is 13.2 Å². The molecule has 8 heteroatoms. The van der Waals surface area contributed by atoms with E-state index in [1.54, 1.807) is 12.1 Å². The minimum Gasteiger partial charge on any atom is -0.491 e. The maximum atomic E-state index is 12.3. The molecule has 1 aliphatic rings. The van der Waals surface area contributed by atoms with Crippen LogP contribution in [0.5, 0.6) is 5.75 Å². The molecule has 2 N–H and O–H groups in total. The molecule has 142 valence electrons. The van der Waals surface area contributed by atoms with Gasteiger partial charge in [0.15, 0.2) is 5.11 Å². The van der Waals surface area contributed by atoms with Crippen molar-refractivity contribution in [2.75, 3.05) is 5.32 Å². The maximum Gasteiger partial charge on any atom is 0.573 e. The molecule has 1 fully saturated rings. The van der Waals surface area contributed by atoms with Gasteiger partial charge >= 0.3 is 6.36 Å². The normalized spacial score (nSPS) is 20.4. The van der Waals surface area contributed by atoms with E-state index < -0.39 is 6.36 Å². The number of benzene rings is 1. The van der Waals surface area contributed by atoms with Crippen molar-refractivity contribution in [1.82, 2.24) is 5.32 Å². The summed E-state index contributed by atoms with van der Waals surface area (Å²) >= 11 is 5.24. The number of alkyl halides is 3. The van der Waals surface area contributed by atoms with Gasteiger partial charge in [-0.1, -0.05) is 12.6 Å². The lowest BCUT2D eigenvalue weighted by atomic mass is 10.2. The van der Waals surface area contributed by atoms with Gasteiger partial charge < -0.3 is 20.1 Å². The highest BCUT2D eigenvalue weighted by molar-refractivity contribution is 7.80. The summed E-state index contributed by atoms with van der Waals surface area (Å²) in [4.78, 5) is 0. The second-order valence-electron chi connectivity index (χ2n) is 5.82. The van der Waals surface area contributed by atoms with Gasteiger partial charge in [-0.3, -0.25) is 0 Å². The SMILES string of the molecule is C=CC(=CC)OC1CCC(NC(=S)Nc2cccc(OC(F)(F)F)c2)C1. The third kappa shape index (κ3) is 6.59. The van der Waals surface area contributed by atoms with Crippen LogP contribution in [0.4, 0.5) is 18.9 Å². The molecular formula is C18H21F3N2O2S. The van der Waals surface area contributed by atoms with Crippen LogP contribution >= 0.6 is 12.2 Å². The van der Waals surface area contributed by atoms with E-state index in [0.29, 0.717) is 10.8 Å². The van der Waals surface area contributed by atoms with E-state index in [1.165, 1.54) is 18.2 Å². The average molecular weight is 386 g/mol. The molecule has 0 heterocycles. The Balaban J connectivity index is 1.84. The first-order chi connectivity index (χ1) is 12.3. The smallest absolute Gasteiger partial charge is 0.491 e. The number of hydrogen-bond acceptors (Lipinski definition) is 3. The van der Waals surface area contributed by atoms with E-state index in [1.807, 2.05) is 13.0 Å². The van der Waals surface area contributed by atoms with E-state index in [0.717, 1.165) is 25.0 Å². The number of rotatable bonds is 6. The van der Waals surface area contributed by atoms with Crippen molar-refractivity contribution in [2.45, 2.75) is 44.7 Å². The topological polar surface area (TPSA) is 42.5 Å². The van der Waals surface area contributed by atoms with Crippen molar-refractivity contribution in [1.29, 1.82) is 0 Å². The second-order valence-corrected chi connectivity index (χ2v) is 6.23. The Morgan fingerprint density at radius 3 is 2.77 bits per heavy atom. The summed E-state index contributed by atoms with van der Waals surface area (Å²) in [7, 11) is 0. The van der Waals surface area contributed by atoms with Gasteiger partial charge in [0.1, 0.15) is 17.6 Å². The first-order valence-electron chi connectivity index (χ1n) is 8.18. The molecule has 26 heavy (non-hydrogen) atoms. The van der Waals surface area contributed by atoms with Crippen LogP contribution in [0, 0.1) is 0 Å². The minimum absolute atomic E-state index is 0.0861. The van der Waals surface area contributed by atoms with Crippen LogP contribution in [-0.2, 0) is 4.74 Å². The van der Waals surface area contributed by atoms with E-state index in [4.69, 9.17) is 17.0 Å². The molecule has 1 aromatic carbocycles. The summed E-state index contributed by atoms with van der Waals surface area (Å²) in [6, 6.07) is 5.67. The maximum absolute atomic E-state index is 12.3. The first-order valence-corrected chi connectivity index (χ1v) is 8.58. The monoisotopic (exact) mass is 386 g/mol. The van der Waals surface area contributed by atoms with Crippen molar-refractivity contribution in [2.24, 2.45) is 0 Å². The standard InChI is InChI=1S/C18H21F3N2O2S/c1-3-14(4-2)24-15-9-8-13(10-15)23-17(26)22-12-6-5-7-16(11-12)25-18(19,20)21/h3-7,11,13,15H,1,8-10H2,2H3,(H2,22,23,26). The van der Waals surface area contributed by atoms with Gasteiger partial charge in [-0.2, -0.15) is 0 Å². The van der Waals surface area contributed by atoms with Crippen molar-refractivity contribution in [3.63, 3.8) is 0 Å². The molecule has 0 bridgehead atoms. The van der Waals surface area contributed by atoms with Crippen LogP contribution in [0.25, 0.3) is 0 Å². The summed E-state index contributed by atoms with van der Waals surface area (Å²) < 4.78 is 46.6. The zero-order chi connectivity index (χ0) is 19.2. The Kier molecular flexibility index (Phi) is 6.90. The molecular weight excluding hydrogens is 365 g/mol. The van der Waals surface area contributed by atoms with Gasteiger partial charge in [-0.05, 0) is 56.3 Å². The quantitative estimate of drug-likeness (QED) is 0.414. The lowest BCUT2D eigenvalue weighted by Crippen LogP contribution is -2.36. The van der Waals surface area contributed by atoms with Gasteiger partial charge in [-0.25, -0.2) is 0 Å². The zero-order valence-electron chi connectivity index (χ0n) is 14.3. The third-order valence-electron chi connectivity index (χ3n) is 3.83. The summed E-state index contributed by atoms with van der Waals surface area (Å²) in [5.74, 6) is 0.445. The van der Waals surface area contributed by atoms with Crippen LogP contribution in [0.15, 0.2) is 48.8 Å². The Bertz CT molecular complexity index is 677. The molecule has 1 saturated carbocycles. The molecule has 0 spiro atoms. The average Bonchev–Trinajstić information content (AvgIpc) is 2.98. The molecule has 0 aromatic heterocycles. The number of halogens is 3. The minimum atomic E-state index is -4.73. The van der Waals surface area contributed by atoms with Crippen LogP contribution in [0.2, 0.25) is 0 Å². The number of ether oxygens (including phenoxy) is 2. The molecule has 0 saturated heterocycles. The predicted molar refractivity (Wildman–Crippen MR) is 98.9 cm³/mol. The number of anilines is 1. The van der Waals surface area contributed by atoms with Crippen molar-refractivity contribution in [3.05, 3.63) is 48.8 Å². The van der Waals surface area contributed by atoms with Crippen LogP contribution < -0.4 is 15.4 Å². The fraction of sp³-hybridized carbons (Fsp3) is 0.389. The fourth-order valence-corrected chi connectivity index (χ4v) is 3.01. The number of allylic oxidation sites excluding steroid dienone is 2. The number of hydrogen-bond donors (Lipinski definition) is 2. The Morgan fingerprint density at radius 1 is 1.35 bits per heavy atom. The summed E-state index contributed by atoms with van der Waals surface area (Å²) in [5, 5.41) is 6.39. The molecule has 0 amide bonds. The van der Waals surface area contributed by atoms with Gasteiger partial charge in [0.25, 0.3) is 0 Å². The molecule has 2 rings (SSSR count).